The second-order valence-electron chi connectivity index (χ2n) is 6.78. The molecule has 1 aromatic heterocycles. The van der Waals surface area contributed by atoms with Crippen molar-refractivity contribution < 1.29 is 14.3 Å². The SMILES string of the molecule is CCC(C)C1COC(=O)N1C1CCN(C(=O)c2ccc(SC)s2)CC1. The molecule has 0 saturated carbocycles. The van der Waals surface area contributed by atoms with Crippen molar-refractivity contribution in [2.45, 2.75) is 49.4 Å². The van der Waals surface area contributed by atoms with Crippen LogP contribution in [0.15, 0.2) is 16.3 Å². The molecular formula is C18H26N2O3S2. The predicted molar refractivity (Wildman–Crippen MR) is 101 cm³/mol. The first-order valence-electron chi connectivity index (χ1n) is 8.93. The summed E-state index contributed by atoms with van der Waals surface area (Å²) < 4.78 is 6.48. The summed E-state index contributed by atoms with van der Waals surface area (Å²) >= 11 is 3.22. The number of piperidine rings is 1. The monoisotopic (exact) mass is 382 g/mol. The molecule has 0 aliphatic carbocycles. The first kappa shape index (κ1) is 18.6. The van der Waals surface area contributed by atoms with Crippen LogP contribution < -0.4 is 0 Å². The van der Waals surface area contributed by atoms with Gasteiger partial charge in [0.1, 0.15) is 6.61 Å². The van der Waals surface area contributed by atoms with E-state index in [1.165, 1.54) is 0 Å². The largest absolute Gasteiger partial charge is 0.447 e. The van der Waals surface area contributed by atoms with Crippen molar-refractivity contribution in [2.75, 3.05) is 26.0 Å². The first-order chi connectivity index (χ1) is 12.0. The van der Waals surface area contributed by atoms with Crippen LogP contribution in [0.25, 0.3) is 0 Å². The van der Waals surface area contributed by atoms with Gasteiger partial charge in [-0.15, -0.1) is 23.1 Å². The van der Waals surface area contributed by atoms with Gasteiger partial charge in [0.2, 0.25) is 0 Å². The molecule has 138 valence electrons. The van der Waals surface area contributed by atoms with E-state index >= 15 is 0 Å². The molecule has 5 nitrogen and oxygen atoms in total. The van der Waals surface area contributed by atoms with E-state index in [1.807, 2.05) is 28.2 Å². The highest BCUT2D eigenvalue weighted by molar-refractivity contribution is 8.00. The van der Waals surface area contributed by atoms with Gasteiger partial charge in [-0.25, -0.2) is 4.79 Å². The lowest BCUT2D eigenvalue weighted by atomic mass is 9.95. The average molecular weight is 383 g/mol. The Kier molecular flexibility index (Phi) is 5.94. The van der Waals surface area contributed by atoms with E-state index in [4.69, 9.17) is 4.74 Å². The Bertz CT molecular complexity index is 626. The van der Waals surface area contributed by atoms with Crippen molar-refractivity contribution in [2.24, 2.45) is 5.92 Å². The number of carbonyl (C=O) groups excluding carboxylic acids is 2. The normalized spacial score (nSPS) is 23.0. The van der Waals surface area contributed by atoms with Crippen LogP contribution in [0.3, 0.4) is 0 Å². The minimum Gasteiger partial charge on any atom is -0.447 e. The van der Waals surface area contributed by atoms with Gasteiger partial charge in [-0.3, -0.25) is 9.69 Å². The van der Waals surface area contributed by atoms with Gasteiger partial charge in [0.05, 0.1) is 15.1 Å². The molecular weight excluding hydrogens is 356 g/mol. The van der Waals surface area contributed by atoms with Crippen molar-refractivity contribution in [1.29, 1.82) is 0 Å². The number of cyclic esters (lactones) is 1. The molecule has 2 unspecified atom stereocenters. The van der Waals surface area contributed by atoms with E-state index in [0.717, 1.165) is 28.3 Å². The number of rotatable bonds is 5. The third-order valence-corrected chi connectivity index (χ3v) is 7.54. The van der Waals surface area contributed by atoms with Crippen molar-refractivity contribution in [3.8, 4) is 0 Å². The summed E-state index contributed by atoms with van der Waals surface area (Å²) in [5.41, 5.74) is 0. The number of thioether (sulfide) groups is 1. The second kappa shape index (κ2) is 7.99. The summed E-state index contributed by atoms with van der Waals surface area (Å²) in [5, 5.41) is 0. The summed E-state index contributed by atoms with van der Waals surface area (Å²) in [6.45, 7) is 6.23. The predicted octanol–water partition coefficient (Wildman–Crippen LogP) is 3.94. The number of hydrogen-bond donors (Lipinski definition) is 0. The molecule has 2 atom stereocenters. The third kappa shape index (κ3) is 3.82. The Morgan fingerprint density at radius 2 is 2.12 bits per heavy atom. The molecule has 0 N–H and O–H groups in total. The number of thiophene rings is 1. The van der Waals surface area contributed by atoms with Gasteiger partial charge < -0.3 is 9.64 Å². The number of nitrogens with zero attached hydrogens (tertiary/aromatic N) is 2. The van der Waals surface area contributed by atoms with E-state index < -0.39 is 0 Å². The Morgan fingerprint density at radius 1 is 1.40 bits per heavy atom. The highest BCUT2D eigenvalue weighted by Crippen LogP contribution is 2.30. The summed E-state index contributed by atoms with van der Waals surface area (Å²) in [6.07, 6.45) is 4.53. The fourth-order valence-electron chi connectivity index (χ4n) is 3.63. The average Bonchev–Trinajstić information content (AvgIpc) is 3.27. The van der Waals surface area contributed by atoms with Gasteiger partial charge in [0.25, 0.3) is 5.91 Å². The zero-order valence-electron chi connectivity index (χ0n) is 15.1. The van der Waals surface area contributed by atoms with Crippen LogP contribution in [0, 0.1) is 5.92 Å². The molecule has 0 aromatic carbocycles. The molecule has 0 spiro atoms. The van der Waals surface area contributed by atoms with Crippen molar-refractivity contribution >= 4 is 35.1 Å². The van der Waals surface area contributed by atoms with Crippen LogP contribution >= 0.6 is 23.1 Å². The smallest absolute Gasteiger partial charge is 0.410 e. The molecule has 2 aliphatic heterocycles. The second-order valence-corrected chi connectivity index (χ2v) is 8.97. The molecule has 2 saturated heterocycles. The quantitative estimate of drug-likeness (QED) is 0.724. The number of likely N-dealkylation sites (tertiary alicyclic amines) is 1. The highest BCUT2D eigenvalue weighted by atomic mass is 32.2. The number of ether oxygens (including phenoxy) is 1. The first-order valence-corrected chi connectivity index (χ1v) is 11.0. The molecule has 3 rings (SSSR count). The van der Waals surface area contributed by atoms with E-state index in [-0.39, 0.29) is 24.1 Å². The maximum atomic E-state index is 12.7. The number of amides is 2. The van der Waals surface area contributed by atoms with Crippen molar-refractivity contribution in [1.82, 2.24) is 9.80 Å². The van der Waals surface area contributed by atoms with Crippen LogP contribution in [-0.2, 0) is 4.74 Å². The standard InChI is InChI=1S/C18H26N2O3S2/c1-4-12(2)14-11-23-18(22)20(14)13-7-9-19(10-8-13)17(21)15-5-6-16(24-3)25-15/h5-6,12-14H,4,7-11H2,1-3H3. The van der Waals surface area contributed by atoms with E-state index in [2.05, 4.69) is 13.8 Å². The summed E-state index contributed by atoms with van der Waals surface area (Å²) in [6, 6.07) is 4.28. The number of hydrogen-bond acceptors (Lipinski definition) is 5. The van der Waals surface area contributed by atoms with Crippen LogP contribution in [-0.4, -0.2) is 59.8 Å². The van der Waals surface area contributed by atoms with Crippen LogP contribution in [0.2, 0.25) is 0 Å². The molecule has 2 fully saturated rings. The van der Waals surface area contributed by atoms with Crippen molar-refractivity contribution in [3.05, 3.63) is 17.0 Å². The molecule has 0 bridgehead atoms. The maximum absolute atomic E-state index is 12.7. The number of carbonyl (C=O) groups is 2. The molecule has 2 aliphatic rings. The van der Waals surface area contributed by atoms with Gasteiger partial charge in [0, 0.05) is 19.1 Å². The topological polar surface area (TPSA) is 49.9 Å². The third-order valence-electron chi connectivity index (χ3n) is 5.38. The molecule has 3 heterocycles. The minimum atomic E-state index is -0.182. The van der Waals surface area contributed by atoms with Gasteiger partial charge >= 0.3 is 6.09 Å². The maximum Gasteiger partial charge on any atom is 0.410 e. The van der Waals surface area contributed by atoms with Crippen molar-refractivity contribution in [3.63, 3.8) is 0 Å². The molecule has 1 aromatic rings. The summed E-state index contributed by atoms with van der Waals surface area (Å²) in [4.78, 5) is 29.5. The minimum absolute atomic E-state index is 0.117. The van der Waals surface area contributed by atoms with Crippen LogP contribution in [0.5, 0.6) is 0 Å². The van der Waals surface area contributed by atoms with Gasteiger partial charge in [-0.2, -0.15) is 0 Å². The fraction of sp³-hybridized carbons (Fsp3) is 0.667. The Hall–Kier alpha value is -1.21. The van der Waals surface area contributed by atoms with Gasteiger partial charge in [0.15, 0.2) is 0 Å². The van der Waals surface area contributed by atoms with Crippen LogP contribution in [0.4, 0.5) is 4.79 Å². The fourth-order valence-corrected chi connectivity index (χ4v) is 5.14. The highest BCUT2D eigenvalue weighted by Gasteiger charge is 2.41. The zero-order valence-corrected chi connectivity index (χ0v) is 16.7. The van der Waals surface area contributed by atoms with E-state index in [1.54, 1.807) is 23.1 Å². The van der Waals surface area contributed by atoms with E-state index in [0.29, 0.717) is 25.6 Å². The van der Waals surface area contributed by atoms with E-state index in [9.17, 15) is 9.59 Å². The Labute approximate surface area is 157 Å². The lowest BCUT2D eigenvalue weighted by Gasteiger charge is -2.39. The molecule has 25 heavy (non-hydrogen) atoms. The summed E-state index contributed by atoms with van der Waals surface area (Å²) in [7, 11) is 0. The summed E-state index contributed by atoms with van der Waals surface area (Å²) in [5.74, 6) is 0.549. The molecule has 2 amide bonds. The lowest BCUT2D eigenvalue weighted by Crippen LogP contribution is -2.51. The Morgan fingerprint density at radius 3 is 2.72 bits per heavy atom. The Balaban J connectivity index is 1.61. The zero-order chi connectivity index (χ0) is 18.0. The van der Waals surface area contributed by atoms with Gasteiger partial charge in [-0.1, -0.05) is 20.3 Å². The molecule has 7 heteroatoms. The molecule has 0 radical (unpaired) electrons. The lowest BCUT2D eigenvalue weighted by molar-refractivity contribution is 0.0619. The van der Waals surface area contributed by atoms with Gasteiger partial charge in [-0.05, 0) is 37.1 Å². The van der Waals surface area contributed by atoms with Crippen LogP contribution in [0.1, 0.15) is 42.8 Å².